The van der Waals surface area contributed by atoms with Crippen LogP contribution in [0.3, 0.4) is 0 Å². The first-order chi connectivity index (χ1) is 10.2. The summed E-state index contributed by atoms with van der Waals surface area (Å²) < 4.78 is 5.37. The third-order valence-electron chi connectivity index (χ3n) is 2.49. The van der Waals surface area contributed by atoms with Gasteiger partial charge in [-0.15, -0.1) is 11.3 Å². The Labute approximate surface area is 128 Å². The van der Waals surface area contributed by atoms with E-state index in [1.165, 1.54) is 0 Å². The summed E-state index contributed by atoms with van der Waals surface area (Å²) in [6.07, 6.45) is 0.997. The molecular formula is C13H20N6OS. The normalized spacial score (nSPS) is 10.4. The minimum atomic E-state index is 0.323. The van der Waals surface area contributed by atoms with Crippen LogP contribution in [0.5, 0.6) is 6.01 Å². The summed E-state index contributed by atoms with van der Waals surface area (Å²) in [5, 5.41) is 9.31. The van der Waals surface area contributed by atoms with Gasteiger partial charge in [-0.25, -0.2) is 4.98 Å². The van der Waals surface area contributed by atoms with Crippen molar-refractivity contribution >= 4 is 23.2 Å². The summed E-state index contributed by atoms with van der Waals surface area (Å²) in [6.45, 7) is 7.86. The standard InChI is InChI=1S/C13H20N6OS/c1-4-6-14-11-17-12(19-13(18-11)20-5-2)15-7-10-16-9(3)8-21-10/h8H,4-7H2,1-3H3,(H2,14,15,17,18,19). The largest absolute Gasteiger partial charge is 0.464 e. The number of aryl methyl sites for hydroxylation is 1. The van der Waals surface area contributed by atoms with E-state index >= 15 is 0 Å². The lowest BCUT2D eigenvalue weighted by Crippen LogP contribution is -2.11. The summed E-state index contributed by atoms with van der Waals surface area (Å²) in [7, 11) is 0. The smallest absolute Gasteiger partial charge is 0.323 e. The zero-order valence-electron chi connectivity index (χ0n) is 12.5. The molecule has 0 saturated carbocycles. The van der Waals surface area contributed by atoms with E-state index in [0.29, 0.717) is 31.1 Å². The molecule has 0 aliphatic carbocycles. The number of anilines is 2. The highest BCUT2D eigenvalue weighted by atomic mass is 32.1. The minimum Gasteiger partial charge on any atom is -0.464 e. The van der Waals surface area contributed by atoms with Crippen LogP contribution in [-0.2, 0) is 6.54 Å². The van der Waals surface area contributed by atoms with Gasteiger partial charge < -0.3 is 15.4 Å². The van der Waals surface area contributed by atoms with Crippen LogP contribution in [-0.4, -0.2) is 33.1 Å². The van der Waals surface area contributed by atoms with Crippen molar-refractivity contribution in [2.24, 2.45) is 0 Å². The fourth-order valence-electron chi connectivity index (χ4n) is 1.58. The van der Waals surface area contributed by atoms with E-state index in [0.717, 1.165) is 23.7 Å². The third-order valence-corrected chi connectivity index (χ3v) is 3.45. The van der Waals surface area contributed by atoms with Crippen LogP contribution >= 0.6 is 11.3 Å². The molecule has 2 heterocycles. The SMILES string of the molecule is CCCNc1nc(NCc2nc(C)cs2)nc(OCC)n1. The first-order valence-electron chi connectivity index (χ1n) is 6.99. The molecule has 2 N–H and O–H groups in total. The second-order valence-electron chi connectivity index (χ2n) is 4.36. The van der Waals surface area contributed by atoms with Gasteiger partial charge in [0, 0.05) is 17.6 Å². The molecule has 0 atom stereocenters. The highest BCUT2D eigenvalue weighted by molar-refractivity contribution is 7.09. The number of hydrogen-bond donors (Lipinski definition) is 2. The molecule has 0 aliphatic rings. The Bertz CT molecular complexity index is 574. The van der Waals surface area contributed by atoms with E-state index in [2.05, 4.69) is 37.5 Å². The molecule has 0 aliphatic heterocycles. The van der Waals surface area contributed by atoms with Crippen molar-refractivity contribution in [2.45, 2.75) is 33.7 Å². The molecule has 7 nitrogen and oxygen atoms in total. The van der Waals surface area contributed by atoms with Crippen molar-refractivity contribution in [1.82, 2.24) is 19.9 Å². The van der Waals surface area contributed by atoms with Gasteiger partial charge in [-0.05, 0) is 20.3 Å². The lowest BCUT2D eigenvalue weighted by Gasteiger charge is -2.09. The number of hydrogen-bond acceptors (Lipinski definition) is 8. The van der Waals surface area contributed by atoms with Crippen molar-refractivity contribution in [1.29, 1.82) is 0 Å². The molecule has 8 heteroatoms. The zero-order valence-corrected chi connectivity index (χ0v) is 13.3. The average Bonchev–Trinajstić information content (AvgIpc) is 2.89. The number of nitrogens with zero attached hydrogens (tertiary/aromatic N) is 4. The molecule has 0 amide bonds. The van der Waals surface area contributed by atoms with Gasteiger partial charge in [-0.1, -0.05) is 6.92 Å². The van der Waals surface area contributed by atoms with Gasteiger partial charge >= 0.3 is 6.01 Å². The van der Waals surface area contributed by atoms with Gasteiger partial charge in [0.05, 0.1) is 13.2 Å². The van der Waals surface area contributed by atoms with Crippen LogP contribution in [0.1, 0.15) is 31.0 Å². The van der Waals surface area contributed by atoms with Crippen molar-refractivity contribution in [3.8, 4) is 6.01 Å². The van der Waals surface area contributed by atoms with E-state index in [1.807, 2.05) is 19.2 Å². The molecule has 0 radical (unpaired) electrons. The number of rotatable bonds is 8. The molecular weight excluding hydrogens is 288 g/mol. The summed E-state index contributed by atoms with van der Waals surface area (Å²) in [5.74, 6) is 1.01. The van der Waals surface area contributed by atoms with Crippen LogP contribution in [0.15, 0.2) is 5.38 Å². The molecule has 2 rings (SSSR count). The van der Waals surface area contributed by atoms with Crippen molar-refractivity contribution in [3.05, 3.63) is 16.1 Å². The number of thiazole rings is 1. The van der Waals surface area contributed by atoms with Crippen LogP contribution in [0, 0.1) is 6.92 Å². The predicted octanol–water partition coefficient (Wildman–Crippen LogP) is 2.47. The molecule has 2 aromatic heterocycles. The molecule has 0 saturated heterocycles. The first-order valence-corrected chi connectivity index (χ1v) is 7.86. The van der Waals surface area contributed by atoms with Crippen molar-refractivity contribution < 1.29 is 4.74 Å². The Hall–Kier alpha value is -1.96. The van der Waals surface area contributed by atoms with Crippen molar-refractivity contribution in [3.63, 3.8) is 0 Å². The number of aromatic nitrogens is 4. The van der Waals surface area contributed by atoms with Crippen LogP contribution in [0.25, 0.3) is 0 Å². The van der Waals surface area contributed by atoms with Gasteiger partial charge in [0.2, 0.25) is 11.9 Å². The lowest BCUT2D eigenvalue weighted by molar-refractivity contribution is 0.312. The maximum Gasteiger partial charge on any atom is 0.323 e. The third kappa shape index (κ3) is 4.82. The number of ether oxygens (including phenoxy) is 1. The van der Waals surface area contributed by atoms with E-state index in [9.17, 15) is 0 Å². The van der Waals surface area contributed by atoms with E-state index in [4.69, 9.17) is 4.74 Å². The molecule has 0 fully saturated rings. The Kier molecular flexibility index (Phi) is 5.68. The predicted molar refractivity (Wildman–Crippen MR) is 84.0 cm³/mol. The van der Waals surface area contributed by atoms with Gasteiger partial charge in [0.1, 0.15) is 5.01 Å². The molecule has 114 valence electrons. The Morgan fingerprint density at radius 3 is 2.48 bits per heavy atom. The van der Waals surface area contributed by atoms with Crippen molar-refractivity contribution in [2.75, 3.05) is 23.8 Å². The summed E-state index contributed by atoms with van der Waals surface area (Å²) in [6, 6.07) is 0.323. The van der Waals surface area contributed by atoms with E-state index in [-0.39, 0.29) is 0 Å². The topological polar surface area (TPSA) is 84.9 Å². The van der Waals surface area contributed by atoms with Crippen LogP contribution < -0.4 is 15.4 Å². The summed E-state index contributed by atoms with van der Waals surface area (Å²) in [5.41, 5.74) is 1.02. The molecule has 2 aromatic rings. The summed E-state index contributed by atoms with van der Waals surface area (Å²) in [4.78, 5) is 17.2. The Morgan fingerprint density at radius 2 is 1.86 bits per heavy atom. The maximum atomic E-state index is 5.37. The van der Waals surface area contributed by atoms with Gasteiger partial charge in [-0.3, -0.25) is 0 Å². The molecule has 0 aromatic carbocycles. The molecule has 0 unspecified atom stereocenters. The highest BCUT2D eigenvalue weighted by Crippen LogP contribution is 2.14. The molecule has 0 bridgehead atoms. The zero-order chi connectivity index (χ0) is 15.1. The van der Waals surface area contributed by atoms with Crippen LogP contribution in [0.4, 0.5) is 11.9 Å². The first kappa shape index (κ1) is 15.4. The Balaban J connectivity index is 2.07. The van der Waals surface area contributed by atoms with Crippen LogP contribution in [0.2, 0.25) is 0 Å². The highest BCUT2D eigenvalue weighted by Gasteiger charge is 2.07. The summed E-state index contributed by atoms with van der Waals surface area (Å²) >= 11 is 1.61. The average molecular weight is 308 g/mol. The van der Waals surface area contributed by atoms with Gasteiger partial charge in [0.25, 0.3) is 0 Å². The Morgan fingerprint density at radius 1 is 1.10 bits per heavy atom. The fraction of sp³-hybridized carbons (Fsp3) is 0.538. The molecule has 21 heavy (non-hydrogen) atoms. The quantitative estimate of drug-likeness (QED) is 0.775. The number of nitrogens with one attached hydrogen (secondary N) is 2. The van der Waals surface area contributed by atoms with Gasteiger partial charge in [0.15, 0.2) is 0 Å². The van der Waals surface area contributed by atoms with Gasteiger partial charge in [-0.2, -0.15) is 15.0 Å². The lowest BCUT2D eigenvalue weighted by atomic mass is 10.5. The fourth-order valence-corrected chi connectivity index (χ4v) is 2.30. The molecule has 0 spiro atoms. The second kappa shape index (κ2) is 7.72. The minimum absolute atomic E-state index is 0.323. The maximum absolute atomic E-state index is 5.37. The second-order valence-corrected chi connectivity index (χ2v) is 5.30. The van der Waals surface area contributed by atoms with E-state index in [1.54, 1.807) is 11.3 Å². The monoisotopic (exact) mass is 308 g/mol. The van der Waals surface area contributed by atoms with E-state index < -0.39 is 0 Å².